The topological polar surface area (TPSA) is 113 Å². The zero-order chi connectivity index (χ0) is 22.0. The van der Waals surface area contributed by atoms with Gasteiger partial charge >= 0.3 is 10.4 Å². The standard InChI is InChI=1S/C19H28N2O7S/c1-18(2)13-16(22)21(28-29(24,25)26)17(23)19(18,10-7-11-20(3)4)14-8-6-9-15(12-14)27-5/h6,8-9,12H,7,10-11,13H2,1-5H3,(H,24,25,26). The highest BCUT2D eigenvalue weighted by Crippen LogP contribution is 2.52. The lowest BCUT2D eigenvalue weighted by Crippen LogP contribution is -2.62. The lowest BCUT2D eigenvalue weighted by molar-refractivity contribution is -0.191. The number of hydrogen-bond acceptors (Lipinski definition) is 7. The number of amides is 2. The van der Waals surface area contributed by atoms with Crippen LogP contribution < -0.4 is 4.74 Å². The zero-order valence-corrected chi connectivity index (χ0v) is 18.2. The van der Waals surface area contributed by atoms with Crippen LogP contribution in [0.15, 0.2) is 24.3 Å². The normalized spacial score (nSPS) is 22.2. The molecule has 29 heavy (non-hydrogen) atoms. The molecule has 1 unspecified atom stereocenters. The highest BCUT2D eigenvalue weighted by molar-refractivity contribution is 7.80. The number of carbonyl (C=O) groups is 2. The Bertz CT molecular complexity index is 882. The quantitative estimate of drug-likeness (QED) is 0.492. The van der Waals surface area contributed by atoms with Gasteiger partial charge in [-0.05, 0) is 56.6 Å². The van der Waals surface area contributed by atoms with Crippen molar-refractivity contribution in [1.29, 1.82) is 0 Å². The molecule has 2 rings (SSSR count). The number of carbonyl (C=O) groups excluding carboxylic acids is 2. The van der Waals surface area contributed by atoms with Crippen LogP contribution in [0.2, 0.25) is 0 Å². The van der Waals surface area contributed by atoms with E-state index >= 15 is 0 Å². The Morgan fingerprint density at radius 3 is 2.45 bits per heavy atom. The van der Waals surface area contributed by atoms with Gasteiger partial charge < -0.3 is 9.64 Å². The maximum absolute atomic E-state index is 13.6. The van der Waals surface area contributed by atoms with Crippen LogP contribution in [0.5, 0.6) is 5.75 Å². The molecule has 1 N–H and O–H groups in total. The van der Waals surface area contributed by atoms with Gasteiger partial charge in [-0.3, -0.25) is 14.1 Å². The number of ether oxygens (including phenoxy) is 1. The summed E-state index contributed by atoms with van der Waals surface area (Å²) in [6.45, 7) is 4.27. The number of imide groups is 1. The molecule has 162 valence electrons. The first-order valence-electron chi connectivity index (χ1n) is 9.18. The summed E-state index contributed by atoms with van der Waals surface area (Å²) in [6.07, 6.45) is 0.795. The third-order valence-corrected chi connectivity index (χ3v) is 5.75. The van der Waals surface area contributed by atoms with E-state index in [1.54, 1.807) is 38.1 Å². The molecule has 1 aliphatic heterocycles. The van der Waals surface area contributed by atoms with Gasteiger partial charge in [-0.1, -0.05) is 26.0 Å². The molecule has 9 nitrogen and oxygen atoms in total. The Morgan fingerprint density at radius 1 is 1.24 bits per heavy atom. The number of hydroxylamine groups is 2. The molecule has 0 aliphatic carbocycles. The van der Waals surface area contributed by atoms with E-state index in [0.717, 1.165) is 0 Å². The van der Waals surface area contributed by atoms with Crippen LogP contribution in [0.4, 0.5) is 0 Å². The summed E-state index contributed by atoms with van der Waals surface area (Å²) in [5.74, 6) is -1.13. The third-order valence-electron chi connectivity index (χ3n) is 5.41. The maximum Gasteiger partial charge on any atom is 0.419 e. The Labute approximate surface area is 171 Å². The van der Waals surface area contributed by atoms with Gasteiger partial charge in [0.1, 0.15) is 5.75 Å². The fourth-order valence-electron chi connectivity index (χ4n) is 4.00. The molecule has 2 amide bonds. The predicted octanol–water partition coefficient (Wildman–Crippen LogP) is 1.79. The Balaban J connectivity index is 2.65. The molecule has 0 aromatic heterocycles. The molecule has 1 fully saturated rings. The maximum atomic E-state index is 13.6. The van der Waals surface area contributed by atoms with Crippen molar-refractivity contribution in [1.82, 2.24) is 9.96 Å². The van der Waals surface area contributed by atoms with Gasteiger partial charge in [-0.25, -0.2) is 0 Å². The van der Waals surface area contributed by atoms with E-state index in [0.29, 0.717) is 30.7 Å². The lowest BCUT2D eigenvalue weighted by Gasteiger charge is -2.50. The fraction of sp³-hybridized carbons (Fsp3) is 0.579. The molecule has 10 heteroatoms. The third kappa shape index (κ3) is 4.77. The average molecular weight is 429 g/mol. The van der Waals surface area contributed by atoms with Crippen LogP contribution >= 0.6 is 0 Å². The van der Waals surface area contributed by atoms with Crippen LogP contribution in [-0.2, 0) is 29.7 Å². The van der Waals surface area contributed by atoms with Crippen LogP contribution in [0, 0.1) is 5.41 Å². The van der Waals surface area contributed by atoms with Crippen molar-refractivity contribution >= 4 is 22.2 Å². The van der Waals surface area contributed by atoms with E-state index in [9.17, 15) is 18.0 Å². The van der Waals surface area contributed by atoms with Crippen molar-refractivity contribution in [3.63, 3.8) is 0 Å². The van der Waals surface area contributed by atoms with Crippen molar-refractivity contribution in [3.8, 4) is 5.75 Å². The Morgan fingerprint density at radius 2 is 1.90 bits per heavy atom. The molecule has 1 aromatic rings. The van der Waals surface area contributed by atoms with Crippen molar-refractivity contribution in [2.45, 2.75) is 38.5 Å². The van der Waals surface area contributed by atoms with Gasteiger partial charge in [0, 0.05) is 6.42 Å². The molecule has 1 aliphatic rings. The highest BCUT2D eigenvalue weighted by Gasteiger charge is 2.60. The van der Waals surface area contributed by atoms with Gasteiger partial charge in [0.2, 0.25) is 0 Å². The first-order valence-corrected chi connectivity index (χ1v) is 10.5. The van der Waals surface area contributed by atoms with Gasteiger partial charge in [0.15, 0.2) is 0 Å². The first-order chi connectivity index (χ1) is 13.3. The van der Waals surface area contributed by atoms with E-state index in [-0.39, 0.29) is 11.5 Å². The number of hydrogen-bond donors (Lipinski definition) is 1. The molecule has 0 bridgehead atoms. The molecule has 1 heterocycles. The van der Waals surface area contributed by atoms with Crippen LogP contribution in [0.1, 0.15) is 38.7 Å². The summed E-state index contributed by atoms with van der Waals surface area (Å²) in [7, 11) is 0.260. The monoisotopic (exact) mass is 428 g/mol. The number of benzene rings is 1. The predicted molar refractivity (Wildman–Crippen MR) is 105 cm³/mol. The second-order valence-electron chi connectivity index (χ2n) is 8.10. The second-order valence-corrected chi connectivity index (χ2v) is 9.10. The summed E-state index contributed by atoms with van der Waals surface area (Å²) in [5.41, 5.74) is -1.53. The first kappa shape index (κ1) is 23.3. The van der Waals surface area contributed by atoms with E-state index in [1.807, 2.05) is 19.0 Å². The van der Waals surface area contributed by atoms with Crippen molar-refractivity contribution in [2.75, 3.05) is 27.7 Å². The van der Waals surface area contributed by atoms with Crippen LogP contribution in [-0.4, -0.2) is 62.5 Å². The molecule has 1 saturated heterocycles. The summed E-state index contributed by atoms with van der Waals surface area (Å²) >= 11 is 0. The molecule has 0 radical (unpaired) electrons. The van der Waals surface area contributed by atoms with Crippen molar-refractivity contribution in [2.24, 2.45) is 5.41 Å². The van der Waals surface area contributed by atoms with Crippen LogP contribution in [0.25, 0.3) is 0 Å². The van der Waals surface area contributed by atoms with Crippen molar-refractivity contribution < 1.29 is 31.6 Å². The van der Waals surface area contributed by atoms with Gasteiger partial charge in [0.05, 0.1) is 12.5 Å². The molecular formula is C19H28N2O7S. The van der Waals surface area contributed by atoms with Crippen LogP contribution in [0.3, 0.4) is 0 Å². The SMILES string of the molecule is COc1cccc(C2(CCCN(C)C)C(=O)N(OS(=O)(=O)O)C(=O)CC2(C)C)c1. The number of methoxy groups -OCH3 is 1. The minimum absolute atomic E-state index is 0.145. The second kappa shape index (κ2) is 8.39. The number of nitrogens with zero attached hydrogens (tertiary/aromatic N) is 2. The largest absolute Gasteiger partial charge is 0.497 e. The number of rotatable bonds is 8. The smallest absolute Gasteiger partial charge is 0.419 e. The van der Waals surface area contributed by atoms with Crippen molar-refractivity contribution in [3.05, 3.63) is 29.8 Å². The minimum Gasteiger partial charge on any atom is -0.497 e. The van der Waals surface area contributed by atoms with E-state index < -0.39 is 33.0 Å². The lowest BCUT2D eigenvalue weighted by atomic mass is 9.56. The molecular weight excluding hydrogens is 400 g/mol. The van der Waals surface area contributed by atoms with Gasteiger partial charge in [0.25, 0.3) is 11.8 Å². The summed E-state index contributed by atoms with van der Waals surface area (Å²) in [4.78, 5) is 28.0. The Kier molecular flexibility index (Phi) is 6.73. The minimum atomic E-state index is -5.05. The molecule has 1 atom stereocenters. The summed E-state index contributed by atoms with van der Waals surface area (Å²) < 4.78 is 41.3. The number of piperidine rings is 1. The molecule has 0 saturated carbocycles. The van der Waals surface area contributed by atoms with E-state index in [4.69, 9.17) is 9.29 Å². The Hall–Kier alpha value is -2.01. The summed E-state index contributed by atoms with van der Waals surface area (Å²) in [5, 5.41) is 0.176. The highest BCUT2D eigenvalue weighted by atomic mass is 32.3. The average Bonchev–Trinajstić information content (AvgIpc) is 2.60. The van der Waals surface area contributed by atoms with E-state index in [2.05, 4.69) is 4.28 Å². The molecule has 0 spiro atoms. The van der Waals surface area contributed by atoms with Gasteiger partial charge in [-0.15, -0.1) is 9.35 Å². The zero-order valence-electron chi connectivity index (χ0n) is 17.3. The summed E-state index contributed by atoms with van der Waals surface area (Å²) in [6, 6.07) is 6.92. The fourth-order valence-corrected chi connectivity index (χ4v) is 4.34. The molecule has 1 aromatic carbocycles. The van der Waals surface area contributed by atoms with E-state index in [1.165, 1.54) is 7.11 Å². The van der Waals surface area contributed by atoms with Gasteiger partial charge in [-0.2, -0.15) is 8.42 Å².